The maximum Gasteiger partial charge on any atom is 0.337 e. The Hall–Kier alpha value is -3.00. The predicted molar refractivity (Wildman–Crippen MR) is 85.9 cm³/mol. The van der Waals surface area contributed by atoms with Gasteiger partial charge in [-0.05, 0) is 12.1 Å². The summed E-state index contributed by atoms with van der Waals surface area (Å²) in [5.74, 6) is -0.943. The van der Waals surface area contributed by atoms with E-state index in [0.29, 0.717) is 11.2 Å². The number of methoxy groups -OCH3 is 1. The zero-order chi connectivity index (χ0) is 17.1. The second-order valence-electron chi connectivity index (χ2n) is 5.18. The summed E-state index contributed by atoms with van der Waals surface area (Å²) in [6.07, 6.45) is 3.07. The molecule has 1 amide bonds. The molecule has 2 N–H and O–H groups in total. The van der Waals surface area contributed by atoms with Crippen molar-refractivity contribution in [3.8, 4) is 0 Å². The van der Waals surface area contributed by atoms with E-state index in [-0.39, 0.29) is 36.9 Å². The van der Waals surface area contributed by atoms with Gasteiger partial charge in [-0.25, -0.2) is 14.8 Å². The van der Waals surface area contributed by atoms with Gasteiger partial charge in [0, 0.05) is 23.8 Å². The summed E-state index contributed by atoms with van der Waals surface area (Å²) in [5.41, 5.74) is 1.70. The van der Waals surface area contributed by atoms with Crippen LogP contribution in [0.5, 0.6) is 0 Å². The van der Waals surface area contributed by atoms with E-state index in [0.717, 1.165) is 5.39 Å². The number of carbonyl (C=O) groups excluding carboxylic acids is 2. The highest BCUT2D eigenvalue weighted by molar-refractivity contribution is 6.09. The summed E-state index contributed by atoms with van der Waals surface area (Å²) in [6.45, 7) is 0.0500. The van der Waals surface area contributed by atoms with Gasteiger partial charge in [-0.1, -0.05) is 6.07 Å². The minimum absolute atomic E-state index is 0.0929. The first kappa shape index (κ1) is 15.9. The molecule has 2 aromatic rings. The molecule has 1 aliphatic rings. The van der Waals surface area contributed by atoms with Crippen molar-refractivity contribution in [1.29, 1.82) is 0 Å². The lowest BCUT2D eigenvalue weighted by Crippen LogP contribution is -2.31. The van der Waals surface area contributed by atoms with Crippen LogP contribution in [0.25, 0.3) is 10.9 Å². The molecule has 0 saturated carbocycles. The van der Waals surface area contributed by atoms with Gasteiger partial charge in [-0.3, -0.25) is 4.79 Å². The maximum atomic E-state index is 12.5. The van der Waals surface area contributed by atoms with Crippen molar-refractivity contribution in [2.24, 2.45) is 0 Å². The van der Waals surface area contributed by atoms with Crippen molar-refractivity contribution in [2.75, 3.05) is 32.1 Å². The van der Waals surface area contributed by atoms with Crippen LogP contribution in [0.1, 0.15) is 0 Å². The second kappa shape index (κ2) is 6.63. The molecule has 0 spiro atoms. The highest BCUT2D eigenvalue weighted by atomic mass is 16.5. The number of aliphatic hydroxyl groups excluding tert-OH is 1. The third-order valence-electron chi connectivity index (χ3n) is 3.76. The molecule has 0 aliphatic carbocycles. The molecule has 2 heterocycles. The molecule has 8 heteroatoms. The Labute approximate surface area is 137 Å². The number of carbonyl (C=O) groups is 2. The van der Waals surface area contributed by atoms with Crippen LogP contribution in [0.2, 0.25) is 0 Å². The summed E-state index contributed by atoms with van der Waals surface area (Å²) in [5, 5.41) is 12.8. The standard InChI is InChI=1S/C16H16N4O4/c1-24-16(23)11-8-20(5-6-21)15(22)14(11)19-13-4-2-3-12-10(13)7-17-9-18-12/h2-4,7,9,19,21H,5-6,8H2,1H3. The van der Waals surface area contributed by atoms with Crippen molar-refractivity contribution in [1.82, 2.24) is 14.9 Å². The molecule has 0 bridgehead atoms. The number of nitrogens with zero attached hydrogens (tertiary/aromatic N) is 3. The number of hydrogen-bond donors (Lipinski definition) is 2. The van der Waals surface area contributed by atoms with Crippen LogP contribution in [0.15, 0.2) is 42.0 Å². The Morgan fingerprint density at radius 2 is 2.29 bits per heavy atom. The van der Waals surface area contributed by atoms with E-state index in [4.69, 9.17) is 9.84 Å². The number of anilines is 1. The molecule has 0 unspecified atom stereocenters. The third-order valence-corrected chi connectivity index (χ3v) is 3.76. The minimum atomic E-state index is -0.581. The molecule has 24 heavy (non-hydrogen) atoms. The quantitative estimate of drug-likeness (QED) is 0.761. The number of β-amino-alcohol motifs (C(OH)–C–C–N with tert-alkyl or cyclic N) is 1. The molecule has 0 fully saturated rings. The lowest BCUT2D eigenvalue weighted by molar-refractivity contribution is -0.136. The molecule has 8 nitrogen and oxygen atoms in total. The van der Waals surface area contributed by atoms with Gasteiger partial charge >= 0.3 is 5.97 Å². The molecule has 1 aromatic heterocycles. The number of esters is 1. The zero-order valence-corrected chi connectivity index (χ0v) is 13.0. The molecule has 0 atom stereocenters. The predicted octanol–water partition coefficient (Wildman–Crippen LogP) is 0.303. The average molecular weight is 328 g/mol. The number of rotatable bonds is 5. The van der Waals surface area contributed by atoms with Crippen molar-refractivity contribution >= 4 is 28.5 Å². The molecule has 1 aliphatic heterocycles. The van der Waals surface area contributed by atoms with Crippen molar-refractivity contribution in [3.05, 3.63) is 42.0 Å². The average Bonchev–Trinajstić information content (AvgIpc) is 2.91. The molecule has 1 aromatic carbocycles. The second-order valence-corrected chi connectivity index (χ2v) is 5.18. The van der Waals surface area contributed by atoms with Gasteiger partial charge < -0.3 is 20.1 Å². The fourth-order valence-corrected chi connectivity index (χ4v) is 2.60. The van der Waals surface area contributed by atoms with Gasteiger partial charge in [-0.2, -0.15) is 0 Å². The Kier molecular flexibility index (Phi) is 4.39. The Morgan fingerprint density at radius 1 is 1.46 bits per heavy atom. The first-order chi connectivity index (χ1) is 11.7. The summed E-state index contributed by atoms with van der Waals surface area (Å²) in [4.78, 5) is 34.1. The van der Waals surface area contributed by atoms with E-state index in [1.165, 1.54) is 18.3 Å². The van der Waals surface area contributed by atoms with E-state index < -0.39 is 5.97 Å². The first-order valence-electron chi connectivity index (χ1n) is 7.33. The van der Waals surface area contributed by atoms with Gasteiger partial charge in [0.05, 0.1) is 31.4 Å². The monoisotopic (exact) mass is 328 g/mol. The van der Waals surface area contributed by atoms with E-state index in [1.54, 1.807) is 18.3 Å². The number of fused-ring (bicyclic) bond motifs is 1. The summed E-state index contributed by atoms with van der Waals surface area (Å²) in [6, 6.07) is 5.39. The first-order valence-corrected chi connectivity index (χ1v) is 7.33. The van der Waals surface area contributed by atoms with Gasteiger partial charge in [0.1, 0.15) is 12.0 Å². The van der Waals surface area contributed by atoms with Gasteiger partial charge in [-0.15, -0.1) is 0 Å². The molecular formula is C16H16N4O4. The van der Waals surface area contributed by atoms with Gasteiger partial charge in [0.2, 0.25) is 0 Å². The fraction of sp³-hybridized carbons (Fsp3) is 0.250. The smallest absolute Gasteiger partial charge is 0.337 e. The van der Waals surface area contributed by atoms with Crippen LogP contribution >= 0.6 is 0 Å². The van der Waals surface area contributed by atoms with Gasteiger partial charge in [0.25, 0.3) is 5.91 Å². The van der Waals surface area contributed by atoms with Crippen LogP contribution in [-0.2, 0) is 14.3 Å². The molecule has 0 saturated heterocycles. The van der Waals surface area contributed by atoms with E-state index in [9.17, 15) is 9.59 Å². The van der Waals surface area contributed by atoms with Crippen LogP contribution in [0, 0.1) is 0 Å². The van der Waals surface area contributed by atoms with Crippen molar-refractivity contribution in [2.45, 2.75) is 0 Å². The van der Waals surface area contributed by atoms with Crippen molar-refractivity contribution < 1.29 is 19.4 Å². The highest BCUT2D eigenvalue weighted by Gasteiger charge is 2.34. The molecular weight excluding hydrogens is 312 g/mol. The number of aliphatic hydroxyl groups is 1. The number of aromatic nitrogens is 2. The van der Waals surface area contributed by atoms with E-state index >= 15 is 0 Å². The summed E-state index contributed by atoms with van der Waals surface area (Å²) in [7, 11) is 1.26. The molecule has 124 valence electrons. The Morgan fingerprint density at radius 3 is 3.04 bits per heavy atom. The topological polar surface area (TPSA) is 105 Å². The highest BCUT2D eigenvalue weighted by Crippen LogP contribution is 2.26. The number of amides is 1. The van der Waals surface area contributed by atoms with Gasteiger partial charge in [0.15, 0.2) is 0 Å². The number of benzene rings is 1. The fourth-order valence-electron chi connectivity index (χ4n) is 2.60. The summed E-state index contributed by atoms with van der Waals surface area (Å²) >= 11 is 0. The van der Waals surface area contributed by atoms with Crippen LogP contribution in [-0.4, -0.2) is 58.7 Å². The van der Waals surface area contributed by atoms with E-state index in [1.807, 2.05) is 6.07 Å². The molecule has 0 radical (unpaired) electrons. The maximum absolute atomic E-state index is 12.5. The lowest BCUT2D eigenvalue weighted by Gasteiger charge is -2.15. The van der Waals surface area contributed by atoms with Crippen LogP contribution < -0.4 is 5.32 Å². The summed E-state index contributed by atoms with van der Waals surface area (Å²) < 4.78 is 4.76. The largest absolute Gasteiger partial charge is 0.466 e. The normalized spacial score (nSPS) is 14.4. The van der Waals surface area contributed by atoms with Crippen LogP contribution in [0.3, 0.4) is 0 Å². The van der Waals surface area contributed by atoms with E-state index in [2.05, 4.69) is 15.3 Å². The third kappa shape index (κ3) is 2.79. The number of nitrogens with one attached hydrogen (secondary N) is 1. The van der Waals surface area contributed by atoms with Crippen molar-refractivity contribution in [3.63, 3.8) is 0 Å². The Balaban J connectivity index is 2.01. The number of hydrogen-bond acceptors (Lipinski definition) is 7. The number of ether oxygens (including phenoxy) is 1. The lowest BCUT2D eigenvalue weighted by atomic mass is 10.2. The van der Waals surface area contributed by atoms with Crippen LogP contribution in [0.4, 0.5) is 5.69 Å². The molecule has 3 rings (SSSR count). The minimum Gasteiger partial charge on any atom is -0.466 e. The zero-order valence-electron chi connectivity index (χ0n) is 13.0. The Bertz CT molecular complexity index is 828. The SMILES string of the molecule is COC(=O)C1=C(Nc2cccc3ncncc23)C(=O)N(CCO)C1.